The summed E-state index contributed by atoms with van der Waals surface area (Å²) in [7, 11) is 0. The van der Waals surface area contributed by atoms with E-state index in [2.05, 4.69) is 0 Å². The third-order valence-corrected chi connectivity index (χ3v) is 3.34. The van der Waals surface area contributed by atoms with Crippen molar-refractivity contribution in [1.82, 2.24) is 4.90 Å². The van der Waals surface area contributed by atoms with Crippen LogP contribution >= 0.6 is 12.2 Å². The Morgan fingerprint density at radius 1 is 1.29 bits per heavy atom. The molecule has 0 spiro atoms. The van der Waals surface area contributed by atoms with Gasteiger partial charge in [0.1, 0.15) is 0 Å². The number of hydrogen-bond donors (Lipinski definition) is 2. The van der Waals surface area contributed by atoms with E-state index in [0.717, 1.165) is 12.8 Å². The van der Waals surface area contributed by atoms with E-state index in [1.54, 1.807) is 4.90 Å². The van der Waals surface area contributed by atoms with Crippen LogP contribution in [0.4, 0.5) is 0 Å². The first kappa shape index (κ1) is 16.3. The van der Waals surface area contributed by atoms with Gasteiger partial charge in [0.05, 0.1) is 17.5 Å². The summed E-state index contributed by atoms with van der Waals surface area (Å²) < 4.78 is 0. The van der Waals surface area contributed by atoms with Crippen molar-refractivity contribution < 1.29 is 9.90 Å². The Bertz CT molecular complexity index is 255. The molecule has 0 fully saturated rings. The summed E-state index contributed by atoms with van der Waals surface area (Å²) in [5.74, 6) is -0.458. The zero-order valence-electron chi connectivity index (χ0n) is 11.0. The Kier molecular flexibility index (Phi) is 8.08. The summed E-state index contributed by atoms with van der Waals surface area (Å²) >= 11 is 4.92. The second-order valence-electron chi connectivity index (χ2n) is 4.09. The molecule has 0 saturated carbocycles. The molecule has 0 aliphatic carbocycles. The molecule has 0 aliphatic rings. The minimum absolute atomic E-state index is 0.0317. The predicted molar refractivity (Wildman–Crippen MR) is 73.7 cm³/mol. The van der Waals surface area contributed by atoms with Crippen molar-refractivity contribution in [3.05, 3.63) is 0 Å². The van der Waals surface area contributed by atoms with Crippen LogP contribution in [0, 0.1) is 5.92 Å². The van der Waals surface area contributed by atoms with E-state index in [1.165, 1.54) is 0 Å². The first-order valence-electron chi connectivity index (χ1n) is 6.23. The lowest BCUT2D eigenvalue weighted by molar-refractivity contribution is -0.136. The quantitative estimate of drug-likeness (QED) is 0.646. The van der Waals surface area contributed by atoms with Crippen LogP contribution < -0.4 is 5.73 Å². The topological polar surface area (TPSA) is 66.6 Å². The highest BCUT2D eigenvalue weighted by atomic mass is 32.1. The van der Waals surface area contributed by atoms with Gasteiger partial charge in [-0.3, -0.25) is 4.79 Å². The zero-order valence-corrected chi connectivity index (χ0v) is 11.8. The van der Waals surface area contributed by atoms with Crippen molar-refractivity contribution in [1.29, 1.82) is 0 Å². The van der Waals surface area contributed by atoms with E-state index in [-0.39, 0.29) is 23.5 Å². The number of nitrogens with two attached hydrogens (primary N) is 1. The summed E-state index contributed by atoms with van der Waals surface area (Å²) in [6.45, 7) is 6.28. The second-order valence-corrected chi connectivity index (χ2v) is 4.56. The molecule has 100 valence electrons. The van der Waals surface area contributed by atoms with Crippen LogP contribution in [0.3, 0.4) is 0 Å². The van der Waals surface area contributed by atoms with Crippen molar-refractivity contribution in [3.63, 3.8) is 0 Å². The lowest BCUT2D eigenvalue weighted by Gasteiger charge is -2.32. The molecule has 0 rings (SSSR count). The van der Waals surface area contributed by atoms with Crippen molar-refractivity contribution in [2.45, 2.75) is 46.1 Å². The molecule has 1 amide bonds. The maximum Gasteiger partial charge on any atom is 0.232 e. The monoisotopic (exact) mass is 260 g/mol. The van der Waals surface area contributed by atoms with Gasteiger partial charge < -0.3 is 15.7 Å². The van der Waals surface area contributed by atoms with Gasteiger partial charge in [0.2, 0.25) is 5.91 Å². The fourth-order valence-electron chi connectivity index (χ4n) is 2.01. The normalized spacial score (nSPS) is 12.5. The van der Waals surface area contributed by atoms with Crippen molar-refractivity contribution in [3.8, 4) is 0 Å². The SMILES string of the molecule is CCC(C(=O)N(CCO)C(CC)CC)C(N)=S. The van der Waals surface area contributed by atoms with Crippen LogP contribution in [0.5, 0.6) is 0 Å². The van der Waals surface area contributed by atoms with Gasteiger partial charge in [-0.15, -0.1) is 0 Å². The molecular weight excluding hydrogens is 236 g/mol. The van der Waals surface area contributed by atoms with Gasteiger partial charge in [-0.1, -0.05) is 33.0 Å². The zero-order chi connectivity index (χ0) is 13.4. The summed E-state index contributed by atoms with van der Waals surface area (Å²) in [5.41, 5.74) is 5.59. The number of aliphatic hydroxyl groups is 1. The molecule has 4 nitrogen and oxygen atoms in total. The van der Waals surface area contributed by atoms with Crippen molar-refractivity contribution in [2.75, 3.05) is 13.2 Å². The third kappa shape index (κ3) is 4.60. The van der Waals surface area contributed by atoms with E-state index in [0.29, 0.717) is 13.0 Å². The molecule has 0 radical (unpaired) electrons. The molecule has 0 aromatic rings. The second kappa shape index (κ2) is 8.42. The molecule has 0 heterocycles. The molecule has 5 heteroatoms. The Morgan fingerprint density at radius 3 is 2.12 bits per heavy atom. The first-order valence-corrected chi connectivity index (χ1v) is 6.64. The van der Waals surface area contributed by atoms with Gasteiger partial charge in [0.25, 0.3) is 0 Å². The molecule has 0 aromatic carbocycles. The fraction of sp³-hybridized carbons (Fsp3) is 0.833. The lowest BCUT2D eigenvalue weighted by atomic mass is 10.0. The molecule has 3 N–H and O–H groups in total. The highest BCUT2D eigenvalue weighted by Crippen LogP contribution is 2.15. The summed E-state index contributed by atoms with van der Waals surface area (Å²) in [5, 5.41) is 9.06. The number of carbonyl (C=O) groups excluding carboxylic acids is 1. The highest BCUT2D eigenvalue weighted by molar-refractivity contribution is 7.80. The van der Waals surface area contributed by atoms with E-state index >= 15 is 0 Å². The average molecular weight is 260 g/mol. The third-order valence-electron chi connectivity index (χ3n) is 3.06. The summed E-state index contributed by atoms with van der Waals surface area (Å²) in [6.07, 6.45) is 2.35. The maximum absolute atomic E-state index is 12.3. The molecule has 0 bridgehead atoms. The minimum atomic E-state index is -0.405. The number of rotatable bonds is 8. The van der Waals surface area contributed by atoms with Crippen LogP contribution in [0.15, 0.2) is 0 Å². The highest BCUT2D eigenvalue weighted by Gasteiger charge is 2.28. The number of hydrogen-bond acceptors (Lipinski definition) is 3. The van der Waals surface area contributed by atoms with Crippen LogP contribution in [0.2, 0.25) is 0 Å². The number of amides is 1. The van der Waals surface area contributed by atoms with Crippen LogP contribution in [-0.4, -0.2) is 40.1 Å². The largest absolute Gasteiger partial charge is 0.395 e. The van der Waals surface area contributed by atoms with Gasteiger partial charge in [0, 0.05) is 12.6 Å². The summed E-state index contributed by atoms with van der Waals surface area (Å²) in [4.78, 5) is 14.3. The minimum Gasteiger partial charge on any atom is -0.395 e. The van der Waals surface area contributed by atoms with Gasteiger partial charge in [-0.05, 0) is 19.3 Å². The molecule has 0 aliphatic heterocycles. The molecule has 1 atom stereocenters. The molecular formula is C12H24N2O2S. The van der Waals surface area contributed by atoms with E-state index in [4.69, 9.17) is 23.1 Å². The molecule has 0 saturated heterocycles. The first-order chi connectivity index (χ1) is 8.03. The van der Waals surface area contributed by atoms with E-state index in [9.17, 15) is 4.79 Å². The Morgan fingerprint density at radius 2 is 1.82 bits per heavy atom. The Hall–Kier alpha value is -0.680. The summed E-state index contributed by atoms with van der Waals surface area (Å²) in [6, 6.07) is 0.151. The van der Waals surface area contributed by atoms with Crippen LogP contribution in [0.1, 0.15) is 40.0 Å². The number of carbonyl (C=O) groups is 1. The Labute approximate surface area is 109 Å². The maximum atomic E-state index is 12.3. The van der Waals surface area contributed by atoms with Crippen molar-refractivity contribution >= 4 is 23.1 Å². The van der Waals surface area contributed by atoms with Gasteiger partial charge in [-0.2, -0.15) is 0 Å². The fourth-order valence-corrected chi connectivity index (χ4v) is 2.28. The smallest absolute Gasteiger partial charge is 0.232 e. The van der Waals surface area contributed by atoms with Crippen molar-refractivity contribution in [2.24, 2.45) is 11.7 Å². The standard InChI is InChI=1S/C12H24N2O2S/c1-4-9(5-2)14(7-8-15)12(16)10(6-3)11(13)17/h9-10,15H,4-8H2,1-3H3,(H2,13,17). The van der Waals surface area contributed by atoms with Gasteiger partial charge >= 0.3 is 0 Å². The molecule has 0 aromatic heterocycles. The predicted octanol–water partition coefficient (Wildman–Crippen LogP) is 1.31. The van der Waals surface area contributed by atoms with Gasteiger partial charge in [-0.25, -0.2) is 0 Å². The molecule has 1 unspecified atom stereocenters. The average Bonchev–Trinajstić information content (AvgIpc) is 2.29. The van der Waals surface area contributed by atoms with E-state index < -0.39 is 5.92 Å². The van der Waals surface area contributed by atoms with Crippen LogP contribution in [0.25, 0.3) is 0 Å². The lowest BCUT2D eigenvalue weighted by Crippen LogP contribution is -2.47. The number of nitrogens with zero attached hydrogens (tertiary/aromatic N) is 1. The Balaban J connectivity index is 4.90. The molecule has 17 heavy (non-hydrogen) atoms. The number of thiocarbonyl (C=S) groups is 1. The number of aliphatic hydroxyl groups excluding tert-OH is 1. The van der Waals surface area contributed by atoms with Gasteiger partial charge in [0.15, 0.2) is 0 Å². The van der Waals surface area contributed by atoms with Crippen LogP contribution in [-0.2, 0) is 4.79 Å². The van der Waals surface area contributed by atoms with E-state index in [1.807, 2.05) is 20.8 Å².